The molecule has 0 heterocycles. The van der Waals surface area contributed by atoms with Crippen LogP contribution in [0.2, 0.25) is 0 Å². The van der Waals surface area contributed by atoms with E-state index in [-0.39, 0.29) is 0 Å². The lowest BCUT2D eigenvalue weighted by Gasteiger charge is -2.10. The molecule has 0 fully saturated rings. The molecule has 4 nitrogen and oxygen atoms in total. The Morgan fingerprint density at radius 3 is 2.61 bits per heavy atom. The summed E-state index contributed by atoms with van der Waals surface area (Å²) in [5, 5.41) is 0. The lowest BCUT2D eigenvalue weighted by molar-refractivity contribution is 0.1000. The van der Waals surface area contributed by atoms with Gasteiger partial charge in [-0.3, -0.25) is 4.79 Å². The minimum atomic E-state index is -0.479. The van der Waals surface area contributed by atoms with Crippen LogP contribution >= 0.6 is 0 Å². The van der Waals surface area contributed by atoms with E-state index in [4.69, 9.17) is 16.2 Å². The lowest BCUT2D eigenvalue weighted by Crippen LogP contribution is -2.10. The molecule has 2 aromatic rings. The van der Waals surface area contributed by atoms with Gasteiger partial charge in [0.15, 0.2) is 0 Å². The van der Waals surface area contributed by atoms with Crippen molar-refractivity contribution in [3.8, 4) is 11.5 Å². The Morgan fingerprint density at radius 2 is 1.89 bits per heavy atom. The Bertz CT molecular complexity index is 567. The Labute approximate surface area is 105 Å². The molecule has 92 valence electrons. The fraction of sp³-hybridized carbons (Fsp3) is 0.0714. The van der Waals surface area contributed by atoms with Gasteiger partial charge in [0.05, 0.1) is 0 Å². The second-order valence-electron chi connectivity index (χ2n) is 3.81. The fourth-order valence-electron chi connectivity index (χ4n) is 1.61. The molecule has 0 bridgehead atoms. The zero-order valence-corrected chi connectivity index (χ0v) is 9.80. The summed E-state index contributed by atoms with van der Waals surface area (Å²) in [5.41, 5.74) is 12.2. The van der Waals surface area contributed by atoms with Crippen LogP contribution in [0.5, 0.6) is 11.5 Å². The van der Waals surface area contributed by atoms with Gasteiger partial charge in [-0.15, -0.1) is 0 Å². The molecule has 2 rings (SSSR count). The van der Waals surface area contributed by atoms with E-state index in [2.05, 4.69) is 0 Å². The van der Waals surface area contributed by atoms with Crippen LogP contribution in [0, 0.1) is 0 Å². The van der Waals surface area contributed by atoms with Gasteiger partial charge < -0.3 is 16.2 Å². The van der Waals surface area contributed by atoms with Crippen LogP contribution in [0.25, 0.3) is 0 Å². The number of amides is 1. The summed E-state index contributed by atoms with van der Waals surface area (Å²) < 4.78 is 5.70. The van der Waals surface area contributed by atoms with E-state index in [9.17, 15) is 4.79 Å². The summed E-state index contributed by atoms with van der Waals surface area (Å²) >= 11 is 0. The molecule has 18 heavy (non-hydrogen) atoms. The van der Waals surface area contributed by atoms with Gasteiger partial charge in [0, 0.05) is 17.7 Å². The van der Waals surface area contributed by atoms with E-state index in [1.807, 2.05) is 24.3 Å². The molecule has 2 aromatic carbocycles. The van der Waals surface area contributed by atoms with Gasteiger partial charge in [-0.2, -0.15) is 0 Å². The van der Waals surface area contributed by atoms with Crippen molar-refractivity contribution < 1.29 is 9.53 Å². The summed E-state index contributed by atoms with van der Waals surface area (Å²) in [6.07, 6.45) is 0. The Kier molecular flexibility index (Phi) is 3.60. The standard InChI is InChI=1S/C14H14N2O2/c15-9-11-4-1-2-7-13(11)18-12-6-3-5-10(8-12)14(16)17/h1-8H,9,15H2,(H2,16,17). The smallest absolute Gasteiger partial charge is 0.248 e. The van der Waals surface area contributed by atoms with E-state index in [1.54, 1.807) is 24.3 Å². The summed E-state index contributed by atoms with van der Waals surface area (Å²) in [4.78, 5) is 11.1. The first-order valence-corrected chi connectivity index (χ1v) is 5.56. The molecule has 0 atom stereocenters. The molecule has 0 radical (unpaired) electrons. The van der Waals surface area contributed by atoms with Gasteiger partial charge in [-0.25, -0.2) is 0 Å². The SMILES string of the molecule is NCc1ccccc1Oc1cccc(C(N)=O)c1. The van der Waals surface area contributed by atoms with E-state index >= 15 is 0 Å². The third kappa shape index (κ3) is 2.67. The van der Waals surface area contributed by atoms with Gasteiger partial charge in [-0.05, 0) is 24.3 Å². The van der Waals surface area contributed by atoms with Crippen LogP contribution in [-0.2, 0) is 6.54 Å². The Balaban J connectivity index is 2.28. The maximum absolute atomic E-state index is 11.1. The average Bonchev–Trinajstić information content (AvgIpc) is 2.39. The number of primary amides is 1. The first-order chi connectivity index (χ1) is 8.70. The summed E-state index contributed by atoms with van der Waals surface area (Å²) in [6.45, 7) is 0.395. The van der Waals surface area contributed by atoms with E-state index in [1.165, 1.54) is 0 Å². The number of hydrogen-bond acceptors (Lipinski definition) is 3. The van der Waals surface area contributed by atoms with Gasteiger partial charge in [0.25, 0.3) is 0 Å². The van der Waals surface area contributed by atoms with Gasteiger partial charge in [0.1, 0.15) is 11.5 Å². The molecule has 0 aliphatic rings. The molecule has 0 spiro atoms. The van der Waals surface area contributed by atoms with E-state index < -0.39 is 5.91 Å². The second kappa shape index (κ2) is 5.33. The topological polar surface area (TPSA) is 78.3 Å². The summed E-state index contributed by atoms with van der Waals surface area (Å²) in [6, 6.07) is 14.2. The number of hydrogen-bond donors (Lipinski definition) is 2. The average molecular weight is 242 g/mol. The monoisotopic (exact) mass is 242 g/mol. The number of carbonyl (C=O) groups is 1. The Hall–Kier alpha value is -2.33. The highest BCUT2D eigenvalue weighted by atomic mass is 16.5. The normalized spacial score (nSPS) is 10.1. The molecule has 0 aliphatic heterocycles. The predicted molar refractivity (Wildman–Crippen MR) is 69.4 cm³/mol. The third-order valence-electron chi connectivity index (χ3n) is 2.54. The number of rotatable bonds is 4. The van der Waals surface area contributed by atoms with Gasteiger partial charge >= 0.3 is 0 Å². The van der Waals surface area contributed by atoms with Gasteiger partial charge in [0.2, 0.25) is 5.91 Å². The zero-order valence-electron chi connectivity index (χ0n) is 9.80. The highest BCUT2D eigenvalue weighted by Crippen LogP contribution is 2.25. The largest absolute Gasteiger partial charge is 0.457 e. The van der Waals surface area contributed by atoms with Crippen molar-refractivity contribution in [2.45, 2.75) is 6.54 Å². The minimum Gasteiger partial charge on any atom is -0.457 e. The first kappa shape index (κ1) is 12.1. The van der Waals surface area contributed by atoms with Crippen LogP contribution in [0.1, 0.15) is 15.9 Å². The number of benzene rings is 2. The molecule has 0 aromatic heterocycles. The number of ether oxygens (including phenoxy) is 1. The molecule has 0 aliphatic carbocycles. The maximum atomic E-state index is 11.1. The van der Waals surface area contributed by atoms with Crippen molar-refractivity contribution in [2.24, 2.45) is 11.5 Å². The fourth-order valence-corrected chi connectivity index (χ4v) is 1.61. The Morgan fingerprint density at radius 1 is 1.11 bits per heavy atom. The van der Waals surface area contributed by atoms with Crippen LogP contribution in [0.15, 0.2) is 48.5 Å². The minimum absolute atomic E-state index is 0.395. The quantitative estimate of drug-likeness (QED) is 0.861. The van der Waals surface area contributed by atoms with Crippen molar-refractivity contribution in [2.75, 3.05) is 0 Å². The van der Waals surface area contributed by atoms with Gasteiger partial charge in [-0.1, -0.05) is 24.3 Å². The maximum Gasteiger partial charge on any atom is 0.248 e. The molecule has 4 N–H and O–H groups in total. The highest BCUT2D eigenvalue weighted by Gasteiger charge is 2.05. The van der Waals surface area contributed by atoms with Crippen LogP contribution in [-0.4, -0.2) is 5.91 Å². The van der Waals surface area contributed by atoms with E-state index in [0.717, 1.165) is 5.56 Å². The number of nitrogens with two attached hydrogens (primary N) is 2. The number of para-hydroxylation sites is 1. The summed E-state index contributed by atoms with van der Waals surface area (Å²) in [5.74, 6) is 0.765. The van der Waals surface area contributed by atoms with Crippen molar-refractivity contribution in [3.63, 3.8) is 0 Å². The van der Waals surface area contributed by atoms with Crippen LogP contribution < -0.4 is 16.2 Å². The predicted octanol–water partition coefficient (Wildman–Crippen LogP) is 2.04. The molecule has 0 unspecified atom stereocenters. The van der Waals surface area contributed by atoms with Crippen LogP contribution in [0.4, 0.5) is 0 Å². The lowest BCUT2D eigenvalue weighted by atomic mass is 10.2. The second-order valence-corrected chi connectivity index (χ2v) is 3.81. The van der Waals surface area contributed by atoms with E-state index in [0.29, 0.717) is 23.6 Å². The molecule has 0 saturated carbocycles. The molecular formula is C14H14N2O2. The van der Waals surface area contributed by atoms with Crippen LogP contribution in [0.3, 0.4) is 0 Å². The molecule has 1 amide bonds. The van der Waals surface area contributed by atoms with Crippen molar-refractivity contribution >= 4 is 5.91 Å². The first-order valence-electron chi connectivity index (χ1n) is 5.56. The molecule has 4 heteroatoms. The summed E-state index contributed by atoms with van der Waals surface area (Å²) in [7, 11) is 0. The molecule has 0 saturated heterocycles. The van der Waals surface area contributed by atoms with Crippen molar-refractivity contribution in [1.82, 2.24) is 0 Å². The highest BCUT2D eigenvalue weighted by molar-refractivity contribution is 5.93. The number of carbonyl (C=O) groups excluding carboxylic acids is 1. The third-order valence-corrected chi connectivity index (χ3v) is 2.54. The zero-order chi connectivity index (χ0) is 13.0. The molecular weight excluding hydrogens is 228 g/mol. The van der Waals surface area contributed by atoms with Crippen molar-refractivity contribution in [3.05, 3.63) is 59.7 Å². The van der Waals surface area contributed by atoms with Crippen molar-refractivity contribution in [1.29, 1.82) is 0 Å².